The molecule has 5 heteroatoms. The maximum atomic E-state index is 13.2. The van der Waals surface area contributed by atoms with E-state index in [9.17, 15) is 9.18 Å². The van der Waals surface area contributed by atoms with E-state index in [1.165, 1.54) is 6.07 Å². The molecule has 0 heterocycles. The number of rotatable bonds is 3. The summed E-state index contributed by atoms with van der Waals surface area (Å²) in [6, 6.07) is 4.47. The molecule has 3 N–H and O–H groups in total. The van der Waals surface area contributed by atoms with Gasteiger partial charge in [0.15, 0.2) is 0 Å². The van der Waals surface area contributed by atoms with Crippen LogP contribution in [0.3, 0.4) is 0 Å². The normalized spacial score (nSPS) is 9.73. The highest BCUT2D eigenvalue weighted by molar-refractivity contribution is 7.80. The van der Waals surface area contributed by atoms with E-state index in [4.69, 9.17) is 5.73 Å². The number of benzene rings is 1. The van der Waals surface area contributed by atoms with Crippen molar-refractivity contribution < 1.29 is 9.18 Å². The lowest BCUT2D eigenvalue weighted by Crippen LogP contribution is -2.20. The number of aryl methyl sites for hydroxylation is 1. The zero-order chi connectivity index (χ0) is 11.4. The minimum Gasteiger partial charge on any atom is -0.393 e. The summed E-state index contributed by atoms with van der Waals surface area (Å²) in [5.41, 5.74) is 6.20. The van der Waals surface area contributed by atoms with Crippen LogP contribution in [-0.2, 0) is 4.79 Å². The highest BCUT2D eigenvalue weighted by atomic mass is 32.1. The Bertz CT molecular complexity index is 406. The maximum Gasteiger partial charge on any atom is 0.231 e. The number of thiocarbonyl (C=S) groups is 1. The number of halogens is 1. The van der Waals surface area contributed by atoms with Crippen molar-refractivity contribution in [2.75, 3.05) is 5.32 Å². The molecular formula is C10H11FN2OS. The lowest BCUT2D eigenvalue weighted by molar-refractivity contribution is -0.115. The molecule has 0 aliphatic heterocycles. The van der Waals surface area contributed by atoms with Crippen LogP contribution in [0.4, 0.5) is 10.1 Å². The van der Waals surface area contributed by atoms with Crippen LogP contribution in [0.2, 0.25) is 0 Å². The van der Waals surface area contributed by atoms with Gasteiger partial charge < -0.3 is 11.1 Å². The molecule has 0 atom stereocenters. The quantitative estimate of drug-likeness (QED) is 0.772. The van der Waals surface area contributed by atoms with E-state index < -0.39 is 11.7 Å². The lowest BCUT2D eigenvalue weighted by atomic mass is 10.2. The Kier molecular flexibility index (Phi) is 3.74. The number of carbonyl (C=O) groups is 1. The summed E-state index contributed by atoms with van der Waals surface area (Å²) in [5.74, 6) is -0.885. The number of amides is 1. The molecule has 0 spiro atoms. The van der Waals surface area contributed by atoms with Gasteiger partial charge in [0.2, 0.25) is 5.91 Å². The maximum absolute atomic E-state index is 13.2. The first kappa shape index (κ1) is 11.6. The van der Waals surface area contributed by atoms with Gasteiger partial charge in [0, 0.05) is 0 Å². The molecule has 0 radical (unpaired) electrons. The molecule has 0 aromatic heterocycles. The molecule has 0 saturated heterocycles. The van der Waals surface area contributed by atoms with E-state index in [0.717, 1.165) is 5.56 Å². The van der Waals surface area contributed by atoms with Crippen LogP contribution in [0.15, 0.2) is 18.2 Å². The summed E-state index contributed by atoms with van der Waals surface area (Å²) in [6.45, 7) is 1.81. The van der Waals surface area contributed by atoms with E-state index in [2.05, 4.69) is 17.5 Å². The highest BCUT2D eigenvalue weighted by Crippen LogP contribution is 2.15. The molecule has 0 unspecified atom stereocenters. The standard InChI is InChI=1S/C10H11FN2OS/c1-6-2-3-7(11)8(4-6)13-10(14)5-9(12)15/h2-4H,5H2,1H3,(H2,12,15)(H,13,14). The summed E-state index contributed by atoms with van der Waals surface area (Å²) >= 11 is 4.57. The molecule has 1 aromatic rings. The number of nitrogens with two attached hydrogens (primary N) is 1. The monoisotopic (exact) mass is 226 g/mol. The van der Waals surface area contributed by atoms with Gasteiger partial charge >= 0.3 is 0 Å². The second-order valence-electron chi connectivity index (χ2n) is 3.17. The van der Waals surface area contributed by atoms with Gasteiger partial charge in [-0.1, -0.05) is 18.3 Å². The van der Waals surface area contributed by atoms with Gasteiger partial charge in [0.25, 0.3) is 0 Å². The zero-order valence-corrected chi connectivity index (χ0v) is 9.03. The Hall–Kier alpha value is -1.49. The van der Waals surface area contributed by atoms with Crippen LogP contribution in [0, 0.1) is 12.7 Å². The molecule has 1 amide bonds. The fourth-order valence-electron chi connectivity index (χ4n) is 1.09. The smallest absolute Gasteiger partial charge is 0.231 e. The number of hydrogen-bond acceptors (Lipinski definition) is 2. The average molecular weight is 226 g/mol. The molecule has 0 fully saturated rings. The minimum absolute atomic E-state index is 0.0806. The van der Waals surface area contributed by atoms with Gasteiger partial charge in [0.05, 0.1) is 17.1 Å². The Morgan fingerprint density at radius 3 is 2.87 bits per heavy atom. The molecule has 3 nitrogen and oxygen atoms in total. The summed E-state index contributed by atoms with van der Waals surface area (Å²) in [5, 5.41) is 2.40. The van der Waals surface area contributed by atoms with Crippen LogP contribution in [0.5, 0.6) is 0 Å². The van der Waals surface area contributed by atoms with Crippen LogP contribution in [0.1, 0.15) is 12.0 Å². The number of anilines is 1. The van der Waals surface area contributed by atoms with Gasteiger partial charge in [-0.15, -0.1) is 0 Å². The van der Waals surface area contributed by atoms with Crippen LogP contribution < -0.4 is 11.1 Å². The SMILES string of the molecule is Cc1ccc(F)c(NC(=O)CC(N)=S)c1. The largest absolute Gasteiger partial charge is 0.393 e. The van der Waals surface area contributed by atoms with E-state index in [-0.39, 0.29) is 17.1 Å². The van der Waals surface area contributed by atoms with Crippen molar-refractivity contribution in [2.45, 2.75) is 13.3 Å². The molecule has 0 bridgehead atoms. The van der Waals surface area contributed by atoms with Crippen molar-refractivity contribution in [1.29, 1.82) is 0 Å². The molecule has 0 aliphatic carbocycles. The highest BCUT2D eigenvalue weighted by Gasteiger charge is 2.07. The second kappa shape index (κ2) is 4.84. The average Bonchev–Trinajstić information content (AvgIpc) is 2.10. The molecule has 0 aliphatic rings. The van der Waals surface area contributed by atoms with E-state index in [0.29, 0.717) is 0 Å². The first-order chi connectivity index (χ1) is 6.99. The Labute approximate surface area is 92.5 Å². The molecule has 15 heavy (non-hydrogen) atoms. The van der Waals surface area contributed by atoms with Gasteiger partial charge in [-0.2, -0.15) is 0 Å². The predicted molar refractivity (Wildman–Crippen MR) is 61.2 cm³/mol. The number of carbonyl (C=O) groups excluding carboxylic acids is 1. The first-order valence-corrected chi connectivity index (χ1v) is 4.74. The van der Waals surface area contributed by atoms with Crippen molar-refractivity contribution in [3.05, 3.63) is 29.6 Å². The zero-order valence-electron chi connectivity index (χ0n) is 8.21. The van der Waals surface area contributed by atoms with Crippen molar-refractivity contribution in [3.63, 3.8) is 0 Å². The lowest BCUT2D eigenvalue weighted by Gasteiger charge is -2.06. The number of hydrogen-bond donors (Lipinski definition) is 2. The summed E-state index contributed by atoms with van der Waals surface area (Å²) in [7, 11) is 0. The third-order valence-corrected chi connectivity index (χ3v) is 1.88. The van der Waals surface area contributed by atoms with Crippen molar-refractivity contribution in [2.24, 2.45) is 5.73 Å². The predicted octanol–water partition coefficient (Wildman–Crippen LogP) is 1.75. The van der Waals surface area contributed by atoms with Crippen molar-refractivity contribution in [3.8, 4) is 0 Å². The topological polar surface area (TPSA) is 55.1 Å². The Balaban J connectivity index is 2.76. The molecule has 1 rings (SSSR count). The van der Waals surface area contributed by atoms with E-state index in [1.807, 2.05) is 6.92 Å². The van der Waals surface area contributed by atoms with Crippen LogP contribution >= 0.6 is 12.2 Å². The van der Waals surface area contributed by atoms with E-state index >= 15 is 0 Å². The third kappa shape index (κ3) is 3.63. The molecule has 1 aromatic carbocycles. The van der Waals surface area contributed by atoms with Gasteiger partial charge in [-0.05, 0) is 24.6 Å². The fraction of sp³-hybridized carbons (Fsp3) is 0.200. The molecular weight excluding hydrogens is 215 g/mol. The van der Waals surface area contributed by atoms with Crippen molar-refractivity contribution >= 4 is 28.8 Å². The Morgan fingerprint density at radius 1 is 1.60 bits per heavy atom. The second-order valence-corrected chi connectivity index (χ2v) is 3.70. The first-order valence-electron chi connectivity index (χ1n) is 4.33. The van der Waals surface area contributed by atoms with E-state index in [1.54, 1.807) is 12.1 Å². The summed E-state index contributed by atoms with van der Waals surface area (Å²) in [6.07, 6.45) is -0.0806. The minimum atomic E-state index is -0.475. The van der Waals surface area contributed by atoms with Crippen LogP contribution in [0.25, 0.3) is 0 Å². The van der Waals surface area contributed by atoms with Crippen LogP contribution in [-0.4, -0.2) is 10.9 Å². The molecule has 80 valence electrons. The van der Waals surface area contributed by atoms with Crippen molar-refractivity contribution in [1.82, 2.24) is 0 Å². The van der Waals surface area contributed by atoms with Gasteiger partial charge in [0.1, 0.15) is 5.82 Å². The fourth-order valence-corrected chi connectivity index (χ4v) is 1.22. The third-order valence-electron chi connectivity index (χ3n) is 1.73. The van der Waals surface area contributed by atoms with Gasteiger partial charge in [-0.3, -0.25) is 4.79 Å². The summed E-state index contributed by atoms with van der Waals surface area (Å²) < 4.78 is 13.2. The number of nitrogens with one attached hydrogen (secondary N) is 1. The molecule has 0 saturated carbocycles. The van der Waals surface area contributed by atoms with Gasteiger partial charge in [-0.25, -0.2) is 4.39 Å². The summed E-state index contributed by atoms with van der Waals surface area (Å²) in [4.78, 5) is 11.3. The Morgan fingerprint density at radius 2 is 2.27 bits per heavy atom.